The first-order chi connectivity index (χ1) is 17.0. The van der Waals surface area contributed by atoms with E-state index >= 15 is 0 Å². The molecule has 3 aromatic carbocycles. The number of hydrogen-bond acceptors (Lipinski definition) is 5. The Balaban J connectivity index is 1.44. The van der Waals surface area contributed by atoms with Crippen LogP contribution in [0.1, 0.15) is 35.1 Å². The smallest absolute Gasteiger partial charge is 0.160 e. The second-order valence-corrected chi connectivity index (χ2v) is 9.45. The quantitative estimate of drug-likeness (QED) is 0.358. The Morgan fingerprint density at radius 3 is 2.34 bits per heavy atom. The van der Waals surface area contributed by atoms with Crippen molar-refractivity contribution in [1.82, 2.24) is 4.90 Å². The van der Waals surface area contributed by atoms with Crippen LogP contribution in [0.25, 0.3) is 0 Å². The van der Waals surface area contributed by atoms with Gasteiger partial charge in [-0.2, -0.15) is 0 Å². The maximum atomic E-state index is 6.21. The molecule has 0 spiro atoms. The number of fused-ring (bicyclic) bond motifs is 1. The zero-order valence-corrected chi connectivity index (χ0v) is 21.6. The molecule has 1 aliphatic rings. The maximum Gasteiger partial charge on any atom is 0.160 e. The molecule has 1 heterocycles. The molecule has 3 aromatic rings. The second kappa shape index (κ2) is 11.0. The molecule has 0 aromatic heterocycles. The number of likely N-dealkylation sites (N-methyl/N-ethyl adjacent to an activating group) is 1. The van der Waals surface area contributed by atoms with E-state index in [-0.39, 0.29) is 5.41 Å². The van der Waals surface area contributed by atoms with Crippen LogP contribution >= 0.6 is 0 Å². The molecule has 5 nitrogen and oxygen atoms in total. The van der Waals surface area contributed by atoms with Gasteiger partial charge in [-0.1, -0.05) is 35.9 Å². The summed E-state index contributed by atoms with van der Waals surface area (Å²) in [4.78, 5) is 2.40. The van der Waals surface area contributed by atoms with Crippen molar-refractivity contribution < 1.29 is 18.9 Å². The molecule has 0 saturated carbocycles. The van der Waals surface area contributed by atoms with Crippen molar-refractivity contribution in [2.75, 3.05) is 48.1 Å². The van der Waals surface area contributed by atoms with Gasteiger partial charge in [-0.15, -0.1) is 0 Å². The van der Waals surface area contributed by atoms with E-state index in [0.717, 1.165) is 55.4 Å². The highest BCUT2D eigenvalue weighted by atomic mass is 16.5. The minimum Gasteiger partial charge on any atom is -0.497 e. The molecule has 0 bridgehead atoms. The van der Waals surface area contributed by atoms with Gasteiger partial charge in [0.25, 0.3) is 0 Å². The van der Waals surface area contributed by atoms with Crippen molar-refractivity contribution in [2.24, 2.45) is 0 Å². The molecule has 4 rings (SSSR count). The number of rotatable bonds is 11. The Labute approximate surface area is 209 Å². The highest BCUT2D eigenvalue weighted by Gasteiger charge is 2.42. The summed E-state index contributed by atoms with van der Waals surface area (Å²) in [6.07, 6.45) is 3.04. The molecular formula is C30H37NO4. The standard InChI is InChI=1S/C30H37NO4/c1-22-7-10-24(11-8-22)30(21-35-27-14-12-25(32-3)20-26(27)30)16-6-17-31(2)18-15-23-9-13-28(33-4)29(19-23)34-5/h7-14,19-20H,6,15-18,21H2,1-5H3. The minimum absolute atomic E-state index is 0.165. The number of methoxy groups -OCH3 is 3. The van der Waals surface area contributed by atoms with E-state index in [0.29, 0.717) is 6.61 Å². The van der Waals surface area contributed by atoms with E-state index in [4.69, 9.17) is 18.9 Å². The summed E-state index contributed by atoms with van der Waals surface area (Å²) in [5.41, 5.74) is 4.89. The monoisotopic (exact) mass is 475 g/mol. The zero-order chi connectivity index (χ0) is 24.8. The predicted molar refractivity (Wildman–Crippen MR) is 140 cm³/mol. The zero-order valence-electron chi connectivity index (χ0n) is 21.6. The van der Waals surface area contributed by atoms with Crippen LogP contribution in [0.3, 0.4) is 0 Å². The van der Waals surface area contributed by atoms with Crippen LogP contribution in [0, 0.1) is 6.92 Å². The Kier molecular flexibility index (Phi) is 7.86. The molecule has 0 N–H and O–H groups in total. The molecule has 0 saturated heterocycles. The maximum absolute atomic E-state index is 6.21. The Morgan fingerprint density at radius 1 is 0.857 bits per heavy atom. The highest BCUT2D eigenvalue weighted by Crippen LogP contribution is 2.47. The van der Waals surface area contributed by atoms with Gasteiger partial charge in [-0.3, -0.25) is 0 Å². The number of nitrogens with zero attached hydrogens (tertiary/aromatic N) is 1. The first-order valence-electron chi connectivity index (χ1n) is 12.3. The first kappa shape index (κ1) is 24.9. The average molecular weight is 476 g/mol. The van der Waals surface area contributed by atoms with Gasteiger partial charge in [-0.25, -0.2) is 0 Å². The minimum atomic E-state index is -0.165. The fraction of sp³-hybridized carbons (Fsp3) is 0.400. The van der Waals surface area contributed by atoms with Gasteiger partial charge in [-0.05, 0) is 81.2 Å². The van der Waals surface area contributed by atoms with Crippen LogP contribution in [0.4, 0.5) is 0 Å². The van der Waals surface area contributed by atoms with Gasteiger partial charge in [0.2, 0.25) is 0 Å². The van der Waals surface area contributed by atoms with Crippen LogP contribution < -0.4 is 18.9 Å². The molecule has 0 fully saturated rings. The number of benzene rings is 3. The van der Waals surface area contributed by atoms with Gasteiger partial charge in [0.05, 0.1) is 26.7 Å². The molecule has 1 unspecified atom stereocenters. The number of aryl methyl sites for hydroxylation is 1. The third-order valence-electron chi connectivity index (χ3n) is 7.15. The molecule has 186 valence electrons. The Hall–Kier alpha value is -3.18. The van der Waals surface area contributed by atoms with Crippen LogP contribution in [0.2, 0.25) is 0 Å². The van der Waals surface area contributed by atoms with E-state index in [9.17, 15) is 0 Å². The summed E-state index contributed by atoms with van der Waals surface area (Å²) in [6.45, 7) is 4.79. The predicted octanol–water partition coefficient (Wildman–Crippen LogP) is 5.65. The molecular weight excluding hydrogens is 438 g/mol. The Bertz CT molecular complexity index is 1130. The summed E-state index contributed by atoms with van der Waals surface area (Å²) < 4.78 is 22.6. The van der Waals surface area contributed by atoms with Gasteiger partial charge >= 0.3 is 0 Å². The largest absolute Gasteiger partial charge is 0.497 e. The number of hydrogen-bond donors (Lipinski definition) is 0. The molecule has 0 amide bonds. The normalized spacial score (nSPS) is 16.6. The molecule has 35 heavy (non-hydrogen) atoms. The lowest BCUT2D eigenvalue weighted by molar-refractivity contribution is 0.263. The van der Waals surface area contributed by atoms with Crippen molar-refractivity contribution >= 4 is 0 Å². The fourth-order valence-electron chi connectivity index (χ4n) is 5.00. The second-order valence-electron chi connectivity index (χ2n) is 9.45. The third kappa shape index (κ3) is 5.40. The topological polar surface area (TPSA) is 40.2 Å². The summed E-state index contributed by atoms with van der Waals surface area (Å²) in [5.74, 6) is 3.38. The van der Waals surface area contributed by atoms with Crippen molar-refractivity contribution in [3.63, 3.8) is 0 Å². The Morgan fingerprint density at radius 2 is 1.63 bits per heavy atom. The molecule has 5 heteroatoms. The highest BCUT2D eigenvalue weighted by molar-refractivity contribution is 5.54. The lowest BCUT2D eigenvalue weighted by atomic mass is 9.72. The van der Waals surface area contributed by atoms with E-state index in [1.54, 1.807) is 21.3 Å². The average Bonchev–Trinajstić information content (AvgIpc) is 3.26. The van der Waals surface area contributed by atoms with Crippen LogP contribution in [0.5, 0.6) is 23.0 Å². The third-order valence-corrected chi connectivity index (χ3v) is 7.15. The van der Waals surface area contributed by atoms with Crippen molar-refractivity contribution in [3.05, 3.63) is 82.9 Å². The van der Waals surface area contributed by atoms with Gasteiger partial charge in [0.15, 0.2) is 11.5 Å². The van der Waals surface area contributed by atoms with Crippen LogP contribution in [-0.2, 0) is 11.8 Å². The lowest BCUT2D eigenvalue weighted by Gasteiger charge is -2.30. The van der Waals surface area contributed by atoms with Crippen LogP contribution in [0.15, 0.2) is 60.7 Å². The summed E-state index contributed by atoms with van der Waals surface area (Å²) in [5, 5.41) is 0. The van der Waals surface area contributed by atoms with Gasteiger partial charge in [0, 0.05) is 12.1 Å². The molecule has 0 aliphatic carbocycles. The summed E-state index contributed by atoms with van der Waals surface area (Å²) in [6, 6.07) is 21.2. The summed E-state index contributed by atoms with van der Waals surface area (Å²) >= 11 is 0. The van der Waals surface area contributed by atoms with Gasteiger partial charge in [0.1, 0.15) is 18.1 Å². The SMILES string of the molecule is COc1ccc2c(c1)C(CCCN(C)CCc1ccc(OC)c(OC)c1)(c1ccc(C)cc1)CO2. The van der Waals surface area contributed by atoms with E-state index < -0.39 is 0 Å². The van der Waals surface area contributed by atoms with E-state index in [1.807, 2.05) is 18.2 Å². The van der Waals surface area contributed by atoms with Crippen molar-refractivity contribution in [2.45, 2.75) is 31.6 Å². The molecule has 1 aliphatic heterocycles. The van der Waals surface area contributed by atoms with E-state index in [2.05, 4.69) is 61.3 Å². The number of ether oxygens (including phenoxy) is 4. The van der Waals surface area contributed by atoms with Crippen molar-refractivity contribution in [1.29, 1.82) is 0 Å². The summed E-state index contributed by atoms with van der Waals surface area (Å²) in [7, 11) is 7.26. The lowest BCUT2D eigenvalue weighted by Crippen LogP contribution is -2.31. The molecule has 1 atom stereocenters. The molecule has 0 radical (unpaired) electrons. The van der Waals surface area contributed by atoms with Gasteiger partial charge < -0.3 is 23.8 Å². The van der Waals surface area contributed by atoms with Crippen LogP contribution in [-0.4, -0.2) is 53.0 Å². The fourth-order valence-corrected chi connectivity index (χ4v) is 5.00. The van der Waals surface area contributed by atoms with Crippen molar-refractivity contribution in [3.8, 4) is 23.0 Å². The van der Waals surface area contributed by atoms with E-state index in [1.165, 1.54) is 22.3 Å². The first-order valence-corrected chi connectivity index (χ1v) is 12.3.